The summed E-state index contributed by atoms with van der Waals surface area (Å²) in [6.45, 7) is 3.22. The Morgan fingerprint density at radius 2 is 1.52 bits per heavy atom. The SMILES string of the molecule is CCCCCCCCCCCCN([C@@H]1CCCCNC1=O)S(=O)(=O)c1ccc(Cl)cc1. The van der Waals surface area contributed by atoms with Crippen molar-refractivity contribution in [2.24, 2.45) is 0 Å². The number of rotatable bonds is 14. The van der Waals surface area contributed by atoms with Gasteiger partial charge in [-0.2, -0.15) is 4.31 Å². The Bertz CT molecular complexity index is 753. The first kappa shape index (κ1) is 26.1. The van der Waals surface area contributed by atoms with Crippen LogP contribution in [0.2, 0.25) is 5.02 Å². The summed E-state index contributed by atoms with van der Waals surface area (Å²) in [4.78, 5) is 12.8. The van der Waals surface area contributed by atoms with Gasteiger partial charge in [-0.25, -0.2) is 8.42 Å². The van der Waals surface area contributed by atoms with Gasteiger partial charge in [-0.3, -0.25) is 4.79 Å². The molecule has 176 valence electrons. The van der Waals surface area contributed by atoms with Crippen LogP contribution < -0.4 is 5.32 Å². The topological polar surface area (TPSA) is 66.5 Å². The molecule has 1 N–H and O–H groups in total. The Balaban J connectivity index is 1.94. The van der Waals surface area contributed by atoms with Crippen molar-refractivity contribution < 1.29 is 13.2 Å². The van der Waals surface area contributed by atoms with E-state index in [1.807, 2.05) is 0 Å². The fraction of sp³-hybridized carbons (Fsp3) is 0.708. The minimum Gasteiger partial charge on any atom is -0.355 e. The number of hydrogen-bond donors (Lipinski definition) is 1. The molecule has 0 saturated carbocycles. The first-order valence-electron chi connectivity index (χ1n) is 12.0. The highest BCUT2D eigenvalue weighted by molar-refractivity contribution is 7.89. The molecule has 0 aromatic heterocycles. The number of benzene rings is 1. The second kappa shape index (κ2) is 14.1. The van der Waals surface area contributed by atoms with Crippen LogP contribution in [-0.4, -0.2) is 37.8 Å². The lowest BCUT2D eigenvalue weighted by atomic mass is 10.1. The number of sulfonamides is 1. The standard InChI is InChI=1S/C24H39ClN2O3S/c1-2-3-4-5-6-7-8-9-10-13-20-27(23-14-11-12-19-26-24(23)28)31(29,30)22-17-15-21(25)16-18-22/h15-18,23H,2-14,19-20H2,1H3,(H,26,28)/t23-/m1/s1. The molecule has 1 aliphatic heterocycles. The Hall–Kier alpha value is -1.11. The van der Waals surface area contributed by atoms with E-state index >= 15 is 0 Å². The van der Waals surface area contributed by atoms with Crippen LogP contribution in [0.4, 0.5) is 0 Å². The summed E-state index contributed by atoms with van der Waals surface area (Å²) in [5.41, 5.74) is 0. The summed E-state index contributed by atoms with van der Waals surface area (Å²) in [5.74, 6) is -0.179. The number of nitrogens with one attached hydrogen (secondary N) is 1. The average Bonchev–Trinajstić information content (AvgIpc) is 2.96. The number of carbonyl (C=O) groups excluding carboxylic acids is 1. The molecule has 1 atom stereocenters. The van der Waals surface area contributed by atoms with Crippen LogP contribution in [0.5, 0.6) is 0 Å². The van der Waals surface area contributed by atoms with E-state index in [-0.39, 0.29) is 10.8 Å². The third-order valence-corrected chi connectivity index (χ3v) is 8.18. The van der Waals surface area contributed by atoms with Crippen molar-refractivity contribution in [2.45, 2.75) is 101 Å². The molecular formula is C24H39ClN2O3S. The number of unbranched alkanes of at least 4 members (excludes halogenated alkanes) is 9. The van der Waals surface area contributed by atoms with Crippen LogP contribution in [0, 0.1) is 0 Å². The predicted molar refractivity (Wildman–Crippen MR) is 128 cm³/mol. The highest BCUT2D eigenvalue weighted by Gasteiger charge is 2.35. The van der Waals surface area contributed by atoms with Crippen LogP contribution in [0.25, 0.3) is 0 Å². The van der Waals surface area contributed by atoms with Gasteiger partial charge in [0.05, 0.1) is 4.90 Å². The maximum atomic E-state index is 13.4. The van der Waals surface area contributed by atoms with Crippen LogP contribution >= 0.6 is 11.6 Å². The Morgan fingerprint density at radius 1 is 0.935 bits per heavy atom. The summed E-state index contributed by atoms with van der Waals surface area (Å²) in [6.07, 6.45) is 14.1. The van der Waals surface area contributed by atoms with E-state index in [9.17, 15) is 13.2 Å². The molecule has 1 saturated heterocycles. The molecule has 2 rings (SSSR count). The van der Waals surface area contributed by atoms with Crippen molar-refractivity contribution in [3.63, 3.8) is 0 Å². The van der Waals surface area contributed by atoms with Crippen LogP contribution in [0.15, 0.2) is 29.2 Å². The van der Waals surface area contributed by atoms with E-state index in [0.29, 0.717) is 24.5 Å². The normalized spacial score (nSPS) is 17.5. The van der Waals surface area contributed by atoms with Crippen molar-refractivity contribution in [3.05, 3.63) is 29.3 Å². The summed E-state index contributed by atoms with van der Waals surface area (Å²) in [6, 6.07) is 5.58. The number of amides is 1. The fourth-order valence-electron chi connectivity index (χ4n) is 4.14. The van der Waals surface area contributed by atoms with Crippen molar-refractivity contribution in [1.82, 2.24) is 9.62 Å². The van der Waals surface area contributed by atoms with E-state index in [4.69, 9.17) is 11.6 Å². The monoisotopic (exact) mass is 470 g/mol. The number of halogens is 1. The Morgan fingerprint density at radius 3 is 2.13 bits per heavy atom. The van der Waals surface area contributed by atoms with Gasteiger partial charge in [0.1, 0.15) is 6.04 Å². The van der Waals surface area contributed by atoms with E-state index < -0.39 is 16.1 Å². The first-order chi connectivity index (χ1) is 15.0. The molecular weight excluding hydrogens is 432 g/mol. The van der Waals surface area contributed by atoms with Gasteiger partial charge in [-0.05, 0) is 49.9 Å². The highest BCUT2D eigenvalue weighted by atomic mass is 35.5. The van der Waals surface area contributed by atoms with Crippen molar-refractivity contribution in [1.29, 1.82) is 0 Å². The Kier molecular flexibility index (Phi) is 11.9. The molecule has 1 aromatic carbocycles. The quantitative estimate of drug-likeness (QED) is 0.343. The molecule has 31 heavy (non-hydrogen) atoms. The van der Waals surface area contributed by atoms with Gasteiger partial charge >= 0.3 is 0 Å². The number of carbonyl (C=O) groups is 1. The third kappa shape index (κ3) is 8.74. The molecule has 0 bridgehead atoms. The second-order valence-corrected chi connectivity index (χ2v) is 10.9. The molecule has 0 unspecified atom stereocenters. The van der Waals surface area contributed by atoms with Crippen molar-refractivity contribution >= 4 is 27.5 Å². The van der Waals surface area contributed by atoms with E-state index in [1.54, 1.807) is 12.1 Å². The minimum absolute atomic E-state index is 0.179. The largest absolute Gasteiger partial charge is 0.355 e. The lowest BCUT2D eigenvalue weighted by Gasteiger charge is -2.29. The average molecular weight is 471 g/mol. The van der Waals surface area contributed by atoms with Gasteiger partial charge in [0.2, 0.25) is 15.9 Å². The smallest absolute Gasteiger partial charge is 0.243 e. The second-order valence-electron chi connectivity index (χ2n) is 8.55. The molecule has 0 radical (unpaired) electrons. The lowest BCUT2D eigenvalue weighted by molar-refractivity contribution is -0.124. The van der Waals surface area contributed by atoms with Gasteiger partial charge < -0.3 is 5.32 Å². The van der Waals surface area contributed by atoms with Gasteiger partial charge in [0.25, 0.3) is 0 Å². The number of hydrogen-bond acceptors (Lipinski definition) is 3. The zero-order valence-electron chi connectivity index (χ0n) is 19.0. The molecule has 7 heteroatoms. The highest BCUT2D eigenvalue weighted by Crippen LogP contribution is 2.24. The maximum Gasteiger partial charge on any atom is 0.243 e. The zero-order chi connectivity index (χ0) is 22.5. The minimum atomic E-state index is -3.76. The number of nitrogens with zero attached hydrogens (tertiary/aromatic N) is 1. The molecule has 1 amide bonds. The van der Waals surface area contributed by atoms with Gasteiger partial charge in [0, 0.05) is 18.1 Å². The van der Waals surface area contributed by atoms with E-state index in [1.165, 1.54) is 61.4 Å². The molecule has 1 aromatic rings. The van der Waals surface area contributed by atoms with Crippen LogP contribution in [0.3, 0.4) is 0 Å². The summed E-state index contributed by atoms with van der Waals surface area (Å²) < 4.78 is 28.2. The third-order valence-electron chi connectivity index (χ3n) is 6.01. The maximum absolute atomic E-state index is 13.4. The first-order valence-corrected chi connectivity index (χ1v) is 13.8. The molecule has 1 aliphatic rings. The Labute approximate surface area is 194 Å². The molecule has 1 fully saturated rings. The summed E-state index contributed by atoms with van der Waals surface area (Å²) in [7, 11) is -3.76. The van der Waals surface area contributed by atoms with Crippen molar-refractivity contribution in [2.75, 3.05) is 13.1 Å². The van der Waals surface area contributed by atoms with E-state index in [0.717, 1.165) is 32.1 Å². The van der Waals surface area contributed by atoms with Crippen LogP contribution in [0.1, 0.15) is 90.4 Å². The lowest BCUT2D eigenvalue weighted by Crippen LogP contribution is -2.49. The van der Waals surface area contributed by atoms with Gasteiger partial charge in [-0.15, -0.1) is 0 Å². The zero-order valence-corrected chi connectivity index (χ0v) is 20.5. The summed E-state index contributed by atoms with van der Waals surface area (Å²) >= 11 is 5.94. The van der Waals surface area contributed by atoms with Crippen LogP contribution in [-0.2, 0) is 14.8 Å². The van der Waals surface area contributed by atoms with Gasteiger partial charge in [-0.1, -0.05) is 76.3 Å². The summed E-state index contributed by atoms with van der Waals surface area (Å²) in [5, 5.41) is 3.37. The molecule has 0 spiro atoms. The fourth-order valence-corrected chi connectivity index (χ4v) is 5.92. The molecule has 5 nitrogen and oxygen atoms in total. The molecule has 0 aliphatic carbocycles. The van der Waals surface area contributed by atoms with Gasteiger partial charge in [0.15, 0.2) is 0 Å². The predicted octanol–water partition coefficient (Wildman–Crippen LogP) is 5.92. The van der Waals surface area contributed by atoms with E-state index in [2.05, 4.69) is 12.2 Å². The molecule has 1 heterocycles. The van der Waals surface area contributed by atoms with Crippen molar-refractivity contribution in [3.8, 4) is 0 Å².